The highest BCUT2D eigenvalue weighted by molar-refractivity contribution is 8.00. The number of thiazole rings is 1. The fraction of sp³-hybridized carbons (Fsp3) is 0.273. The lowest BCUT2D eigenvalue weighted by Crippen LogP contribution is -2.35. The molecular formula is C22H22N2O2S2. The van der Waals surface area contributed by atoms with Gasteiger partial charge in [-0.3, -0.25) is 4.79 Å². The van der Waals surface area contributed by atoms with Crippen molar-refractivity contribution in [1.82, 2.24) is 10.3 Å². The van der Waals surface area contributed by atoms with Gasteiger partial charge in [0.15, 0.2) is 0 Å². The molecule has 28 heavy (non-hydrogen) atoms. The molecule has 0 aliphatic carbocycles. The van der Waals surface area contributed by atoms with E-state index in [4.69, 9.17) is 4.74 Å². The van der Waals surface area contributed by atoms with E-state index in [0.29, 0.717) is 19.1 Å². The molecule has 6 heteroatoms. The standard InChI is InChI=1S/C22H22N2O2S2/c1-15-13-27-22(24-15)28-14-18-7-2-4-8-19(18)21(25)23-11-16-10-17-6-3-5-9-20(17)26-12-16/h2-9,13,16H,10-12,14H2,1H3,(H,23,25). The Labute approximate surface area is 173 Å². The first kappa shape index (κ1) is 19.0. The van der Waals surface area contributed by atoms with E-state index in [2.05, 4.69) is 16.4 Å². The minimum atomic E-state index is -0.0228. The second-order valence-corrected chi connectivity index (χ2v) is 8.98. The van der Waals surface area contributed by atoms with Gasteiger partial charge in [-0.15, -0.1) is 11.3 Å². The number of hydrogen-bond acceptors (Lipinski definition) is 5. The summed E-state index contributed by atoms with van der Waals surface area (Å²) in [6.45, 7) is 3.24. The molecule has 0 saturated heterocycles. The lowest BCUT2D eigenvalue weighted by atomic mass is 9.96. The van der Waals surface area contributed by atoms with E-state index >= 15 is 0 Å². The van der Waals surface area contributed by atoms with Gasteiger partial charge in [0.05, 0.1) is 6.61 Å². The second kappa shape index (κ2) is 8.80. The molecule has 2 heterocycles. The molecule has 1 atom stereocenters. The van der Waals surface area contributed by atoms with Gasteiger partial charge in [-0.05, 0) is 36.6 Å². The van der Waals surface area contributed by atoms with E-state index in [-0.39, 0.29) is 5.91 Å². The van der Waals surface area contributed by atoms with E-state index < -0.39 is 0 Å². The van der Waals surface area contributed by atoms with Crippen LogP contribution in [0.25, 0.3) is 0 Å². The summed E-state index contributed by atoms with van der Waals surface area (Å²) in [6.07, 6.45) is 0.928. The molecule has 1 unspecified atom stereocenters. The SMILES string of the molecule is Cc1csc(SCc2ccccc2C(=O)NCC2COc3ccccc3C2)n1. The first-order chi connectivity index (χ1) is 13.7. The number of hydrogen-bond donors (Lipinski definition) is 1. The third kappa shape index (κ3) is 4.56. The maximum Gasteiger partial charge on any atom is 0.251 e. The molecule has 1 aromatic heterocycles. The zero-order valence-corrected chi connectivity index (χ0v) is 17.3. The Morgan fingerprint density at radius 2 is 2.07 bits per heavy atom. The summed E-state index contributed by atoms with van der Waals surface area (Å²) in [7, 11) is 0. The summed E-state index contributed by atoms with van der Waals surface area (Å²) in [5.74, 6) is 1.96. The predicted octanol–water partition coefficient (Wildman–Crippen LogP) is 4.72. The van der Waals surface area contributed by atoms with Crippen molar-refractivity contribution in [3.63, 3.8) is 0 Å². The molecule has 0 radical (unpaired) electrons. The first-order valence-electron chi connectivity index (χ1n) is 9.31. The van der Waals surface area contributed by atoms with Crippen LogP contribution in [0.5, 0.6) is 5.75 Å². The number of amides is 1. The number of carbonyl (C=O) groups excluding carboxylic acids is 1. The summed E-state index contributed by atoms with van der Waals surface area (Å²) >= 11 is 3.32. The molecule has 0 spiro atoms. The minimum Gasteiger partial charge on any atom is -0.493 e. The fourth-order valence-electron chi connectivity index (χ4n) is 3.26. The Kier molecular flexibility index (Phi) is 5.98. The predicted molar refractivity (Wildman–Crippen MR) is 114 cm³/mol. The number of fused-ring (bicyclic) bond motifs is 1. The van der Waals surface area contributed by atoms with Crippen LogP contribution in [-0.4, -0.2) is 24.0 Å². The highest BCUT2D eigenvalue weighted by Gasteiger charge is 2.21. The molecule has 1 amide bonds. The molecule has 4 nitrogen and oxygen atoms in total. The number of aryl methyl sites for hydroxylation is 1. The Hall–Kier alpha value is -2.31. The Bertz CT molecular complexity index is 970. The topological polar surface area (TPSA) is 51.2 Å². The number of benzene rings is 2. The Morgan fingerprint density at radius 1 is 1.25 bits per heavy atom. The van der Waals surface area contributed by atoms with Gasteiger partial charge in [0.2, 0.25) is 0 Å². The maximum atomic E-state index is 12.8. The Balaban J connectivity index is 1.36. The fourth-order valence-corrected chi connectivity index (χ4v) is 5.11. The van der Waals surface area contributed by atoms with Gasteiger partial charge in [0.1, 0.15) is 10.1 Å². The van der Waals surface area contributed by atoms with Crippen molar-refractivity contribution in [2.75, 3.05) is 13.2 Å². The van der Waals surface area contributed by atoms with Crippen LogP contribution in [0.15, 0.2) is 58.3 Å². The van der Waals surface area contributed by atoms with Crippen LogP contribution in [0.2, 0.25) is 0 Å². The van der Waals surface area contributed by atoms with Crippen molar-refractivity contribution >= 4 is 29.0 Å². The largest absolute Gasteiger partial charge is 0.493 e. The summed E-state index contributed by atoms with van der Waals surface area (Å²) in [5.41, 5.74) is 4.02. The van der Waals surface area contributed by atoms with Crippen LogP contribution < -0.4 is 10.1 Å². The summed E-state index contributed by atoms with van der Waals surface area (Å²) < 4.78 is 6.86. The highest BCUT2D eigenvalue weighted by Crippen LogP contribution is 2.28. The monoisotopic (exact) mass is 410 g/mol. The van der Waals surface area contributed by atoms with E-state index in [0.717, 1.165) is 39.1 Å². The number of nitrogens with one attached hydrogen (secondary N) is 1. The van der Waals surface area contributed by atoms with Crippen LogP contribution in [0.3, 0.4) is 0 Å². The van der Waals surface area contributed by atoms with Crippen molar-refractivity contribution in [3.8, 4) is 5.75 Å². The highest BCUT2D eigenvalue weighted by atomic mass is 32.2. The third-order valence-corrected chi connectivity index (χ3v) is 6.91. The van der Waals surface area contributed by atoms with Gasteiger partial charge < -0.3 is 10.1 Å². The van der Waals surface area contributed by atoms with Crippen molar-refractivity contribution < 1.29 is 9.53 Å². The average molecular weight is 411 g/mol. The number of rotatable bonds is 6. The van der Waals surface area contributed by atoms with E-state index in [9.17, 15) is 4.79 Å². The van der Waals surface area contributed by atoms with Crippen molar-refractivity contribution in [2.45, 2.75) is 23.4 Å². The number of thioether (sulfide) groups is 1. The molecule has 4 rings (SSSR count). The minimum absolute atomic E-state index is 0.0228. The molecular weight excluding hydrogens is 388 g/mol. The molecule has 1 aliphatic heterocycles. The third-order valence-electron chi connectivity index (χ3n) is 4.72. The van der Waals surface area contributed by atoms with Gasteiger partial charge in [-0.2, -0.15) is 0 Å². The summed E-state index contributed by atoms with van der Waals surface area (Å²) in [6, 6.07) is 15.9. The van der Waals surface area contributed by atoms with Gasteiger partial charge in [-0.25, -0.2) is 4.98 Å². The number of ether oxygens (including phenoxy) is 1. The zero-order chi connectivity index (χ0) is 19.3. The van der Waals surface area contributed by atoms with E-state index in [1.807, 2.05) is 54.8 Å². The maximum absolute atomic E-state index is 12.8. The molecule has 1 aliphatic rings. The molecule has 0 bridgehead atoms. The van der Waals surface area contributed by atoms with Crippen molar-refractivity contribution in [2.24, 2.45) is 5.92 Å². The Morgan fingerprint density at radius 3 is 2.93 bits per heavy atom. The number of para-hydroxylation sites is 1. The quantitative estimate of drug-likeness (QED) is 0.597. The average Bonchev–Trinajstić information content (AvgIpc) is 3.15. The van der Waals surface area contributed by atoms with E-state index in [1.165, 1.54) is 5.56 Å². The number of nitrogens with zero attached hydrogens (tertiary/aromatic N) is 1. The lowest BCUT2D eigenvalue weighted by molar-refractivity contribution is 0.0938. The van der Waals surface area contributed by atoms with Crippen LogP contribution in [0.4, 0.5) is 0 Å². The van der Waals surface area contributed by atoms with Crippen LogP contribution >= 0.6 is 23.1 Å². The smallest absolute Gasteiger partial charge is 0.251 e. The first-order valence-corrected chi connectivity index (χ1v) is 11.2. The molecule has 2 aromatic carbocycles. The van der Waals surface area contributed by atoms with Crippen LogP contribution in [-0.2, 0) is 12.2 Å². The molecule has 1 N–H and O–H groups in total. The van der Waals surface area contributed by atoms with Crippen LogP contribution in [0.1, 0.15) is 27.2 Å². The molecule has 0 saturated carbocycles. The number of carbonyl (C=O) groups is 1. The molecule has 3 aromatic rings. The van der Waals surface area contributed by atoms with Crippen LogP contribution in [0, 0.1) is 12.8 Å². The van der Waals surface area contributed by atoms with E-state index in [1.54, 1.807) is 23.1 Å². The zero-order valence-electron chi connectivity index (χ0n) is 15.7. The second-order valence-electron chi connectivity index (χ2n) is 6.90. The lowest BCUT2D eigenvalue weighted by Gasteiger charge is -2.25. The van der Waals surface area contributed by atoms with Crippen molar-refractivity contribution in [3.05, 3.63) is 76.3 Å². The van der Waals surface area contributed by atoms with Gasteiger partial charge >= 0.3 is 0 Å². The molecule has 0 fully saturated rings. The molecule has 144 valence electrons. The number of aromatic nitrogens is 1. The van der Waals surface area contributed by atoms with Gasteiger partial charge in [0.25, 0.3) is 5.91 Å². The van der Waals surface area contributed by atoms with Crippen molar-refractivity contribution in [1.29, 1.82) is 0 Å². The summed E-state index contributed by atoms with van der Waals surface area (Å²) in [4.78, 5) is 17.3. The van der Waals surface area contributed by atoms with Gasteiger partial charge in [-0.1, -0.05) is 48.2 Å². The normalized spacial score (nSPS) is 15.5. The summed E-state index contributed by atoms with van der Waals surface area (Å²) in [5, 5.41) is 5.15. The van der Waals surface area contributed by atoms with Gasteiger partial charge in [0, 0.05) is 34.9 Å².